The number of para-hydroxylation sites is 1. The average molecular weight is 313 g/mol. The van der Waals surface area contributed by atoms with Gasteiger partial charge in [-0.1, -0.05) is 29.3 Å². The zero-order chi connectivity index (χ0) is 14.9. The minimum absolute atomic E-state index is 0.0987. The number of carbonyl (C=O) groups excluding carboxylic acids is 1. The van der Waals surface area contributed by atoms with Crippen molar-refractivity contribution in [1.82, 2.24) is 0 Å². The summed E-state index contributed by atoms with van der Waals surface area (Å²) in [6.07, 6.45) is 0. The number of benzene rings is 2. The molecule has 0 atom stereocenters. The van der Waals surface area contributed by atoms with Crippen molar-refractivity contribution in [3.8, 4) is 0 Å². The van der Waals surface area contributed by atoms with Crippen LogP contribution in [-0.2, 0) is 0 Å². The summed E-state index contributed by atoms with van der Waals surface area (Å²) in [5, 5.41) is 3.14. The first-order chi connectivity index (χ1) is 9.40. The van der Waals surface area contributed by atoms with E-state index in [9.17, 15) is 9.18 Å². The van der Waals surface area contributed by atoms with E-state index in [1.807, 2.05) is 0 Å². The number of halogens is 3. The quantitative estimate of drug-likeness (QED) is 0.813. The van der Waals surface area contributed by atoms with Crippen LogP contribution in [0.4, 0.5) is 15.8 Å². The van der Waals surface area contributed by atoms with Crippen molar-refractivity contribution in [2.75, 3.05) is 11.1 Å². The van der Waals surface area contributed by atoms with Crippen LogP contribution < -0.4 is 11.1 Å². The van der Waals surface area contributed by atoms with E-state index >= 15 is 0 Å². The van der Waals surface area contributed by atoms with Gasteiger partial charge < -0.3 is 11.1 Å². The van der Waals surface area contributed by atoms with Crippen LogP contribution in [0.5, 0.6) is 0 Å². The molecule has 0 heterocycles. The van der Waals surface area contributed by atoms with Crippen molar-refractivity contribution in [2.24, 2.45) is 0 Å². The maximum Gasteiger partial charge on any atom is 0.255 e. The first kappa shape index (κ1) is 14.6. The Morgan fingerprint density at radius 1 is 1.25 bits per heavy atom. The minimum Gasteiger partial charge on any atom is -0.398 e. The molecule has 6 heteroatoms. The van der Waals surface area contributed by atoms with Gasteiger partial charge in [-0.3, -0.25) is 4.79 Å². The second kappa shape index (κ2) is 5.69. The second-order valence-electron chi connectivity index (χ2n) is 4.22. The van der Waals surface area contributed by atoms with E-state index in [0.29, 0.717) is 15.6 Å². The Kier molecular flexibility index (Phi) is 4.16. The monoisotopic (exact) mass is 312 g/mol. The highest BCUT2D eigenvalue weighted by atomic mass is 35.5. The number of nitrogen functional groups attached to an aromatic ring is 1. The standard InChI is InChI=1S/C14H11Cl2FN2O/c1-7-11(17)5-8(6-12(7)18)14(20)19-13-9(15)3-2-4-10(13)16/h2-6H,18H2,1H3,(H,19,20). The molecule has 0 bridgehead atoms. The van der Waals surface area contributed by atoms with E-state index in [-0.39, 0.29) is 16.9 Å². The summed E-state index contributed by atoms with van der Waals surface area (Å²) in [5.74, 6) is -1.08. The van der Waals surface area contributed by atoms with E-state index in [1.54, 1.807) is 18.2 Å². The van der Waals surface area contributed by atoms with Crippen LogP contribution in [0.3, 0.4) is 0 Å². The Hall–Kier alpha value is -1.78. The van der Waals surface area contributed by atoms with Crippen molar-refractivity contribution < 1.29 is 9.18 Å². The van der Waals surface area contributed by atoms with Crippen molar-refractivity contribution in [2.45, 2.75) is 6.92 Å². The number of amides is 1. The molecule has 2 rings (SSSR count). The van der Waals surface area contributed by atoms with E-state index < -0.39 is 11.7 Å². The predicted molar refractivity (Wildman–Crippen MR) is 80.0 cm³/mol. The molecule has 104 valence electrons. The highest BCUT2D eigenvalue weighted by Crippen LogP contribution is 2.30. The fraction of sp³-hybridized carbons (Fsp3) is 0.0714. The number of carbonyl (C=O) groups is 1. The summed E-state index contributed by atoms with van der Waals surface area (Å²) in [6.45, 7) is 1.54. The molecule has 3 nitrogen and oxygen atoms in total. The molecule has 0 saturated carbocycles. The molecule has 0 aromatic heterocycles. The first-order valence-electron chi connectivity index (χ1n) is 5.71. The lowest BCUT2D eigenvalue weighted by molar-refractivity contribution is 0.102. The van der Waals surface area contributed by atoms with Gasteiger partial charge in [-0.25, -0.2) is 4.39 Å². The van der Waals surface area contributed by atoms with Gasteiger partial charge in [0.05, 0.1) is 15.7 Å². The van der Waals surface area contributed by atoms with Crippen LogP contribution in [0.2, 0.25) is 10.0 Å². The van der Waals surface area contributed by atoms with E-state index in [2.05, 4.69) is 5.32 Å². The molecule has 2 aromatic rings. The van der Waals surface area contributed by atoms with Gasteiger partial charge in [-0.2, -0.15) is 0 Å². The molecule has 0 fully saturated rings. The zero-order valence-electron chi connectivity index (χ0n) is 10.5. The van der Waals surface area contributed by atoms with E-state index in [4.69, 9.17) is 28.9 Å². The smallest absolute Gasteiger partial charge is 0.255 e. The van der Waals surface area contributed by atoms with Gasteiger partial charge in [-0.05, 0) is 31.2 Å². The molecule has 3 N–H and O–H groups in total. The number of anilines is 2. The SMILES string of the molecule is Cc1c(N)cc(C(=O)Nc2c(Cl)cccc2Cl)cc1F. The number of nitrogens with one attached hydrogen (secondary N) is 1. The van der Waals surface area contributed by atoms with Gasteiger partial charge in [0.2, 0.25) is 0 Å². The molecule has 0 aliphatic carbocycles. The summed E-state index contributed by atoms with van der Waals surface area (Å²) in [6, 6.07) is 7.36. The third-order valence-electron chi connectivity index (χ3n) is 2.85. The molecular weight excluding hydrogens is 302 g/mol. The summed E-state index contributed by atoms with van der Waals surface area (Å²) in [5.41, 5.74) is 6.53. The third-order valence-corrected chi connectivity index (χ3v) is 3.48. The van der Waals surface area contributed by atoms with Gasteiger partial charge in [-0.15, -0.1) is 0 Å². The Morgan fingerprint density at radius 3 is 2.40 bits per heavy atom. The van der Waals surface area contributed by atoms with Gasteiger partial charge in [0.15, 0.2) is 0 Å². The summed E-state index contributed by atoms with van der Waals surface area (Å²) >= 11 is 11.9. The highest BCUT2D eigenvalue weighted by Gasteiger charge is 2.14. The molecule has 2 aromatic carbocycles. The topological polar surface area (TPSA) is 55.1 Å². The predicted octanol–water partition coefficient (Wildman–Crippen LogP) is 4.28. The lowest BCUT2D eigenvalue weighted by Crippen LogP contribution is -2.14. The van der Waals surface area contributed by atoms with E-state index in [1.165, 1.54) is 13.0 Å². The van der Waals surface area contributed by atoms with Gasteiger partial charge in [0, 0.05) is 16.8 Å². The van der Waals surface area contributed by atoms with Crippen molar-refractivity contribution in [3.05, 3.63) is 57.3 Å². The van der Waals surface area contributed by atoms with Crippen LogP contribution in [0, 0.1) is 12.7 Å². The fourth-order valence-electron chi connectivity index (χ4n) is 1.63. The lowest BCUT2D eigenvalue weighted by atomic mass is 10.1. The van der Waals surface area contributed by atoms with Crippen LogP contribution in [-0.4, -0.2) is 5.91 Å². The largest absolute Gasteiger partial charge is 0.398 e. The number of rotatable bonds is 2. The Bertz CT molecular complexity index is 646. The molecule has 0 unspecified atom stereocenters. The average Bonchev–Trinajstić information content (AvgIpc) is 2.39. The fourth-order valence-corrected chi connectivity index (χ4v) is 2.13. The summed E-state index contributed by atoms with van der Waals surface area (Å²) in [4.78, 5) is 12.1. The lowest BCUT2D eigenvalue weighted by Gasteiger charge is -2.10. The number of nitrogens with two attached hydrogens (primary N) is 1. The third kappa shape index (κ3) is 2.86. The maximum atomic E-state index is 13.6. The molecule has 0 saturated heterocycles. The highest BCUT2D eigenvalue weighted by molar-refractivity contribution is 6.40. The van der Waals surface area contributed by atoms with Gasteiger partial charge in [0.1, 0.15) is 5.82 Å². The van der Waals surface area contributed by atoms with Crippen molar-refractivity contribution in [1.29, 1.82) is 0 Å². The van der Waals surface area contributed by atoms with Crippen LogP contribution in [0.25, 0.3) is 0 Å². The molecule has 1 amide bonds. The maximum absolute atomic E-state index is 13.6. The first-order valence-corrected chi connectivity index (χ1v) is 6.46. The van der Waals surface area contributed by atoms with Gasteiger partial charge in [0.25, 0.3) is 5.91 Å². The number of hydrogen-bond acceptors (Lipinski definition) is 2. The van der Waals surface area contributed by atoms with Crippen LogP contribution >= 0.6 is 23.2 Å². The van der Waals surface area contributed by atoms with Gasteiger partial charge >= 0.3 is 0 Å². The molecule has 0 aliphatic heterocycles. The Balaban J connectivity index is 2.34. The summed E-state index contributed by atoms with van der Waals surface area (Å²) < 4.78 is 13.6. The Labute approximate surface area is 125 Å². The molecule has 0 spiro atoms. The van der Waals surface area contributed by atoms with E-state index in [0.717, 1.165) is 6.07 Å². The van der Waals surface area contributed by atoms with Crippen molar-refractivity contribution in [3.63, 3.8) is 0 Å². The second-order valence-corrected chi connectivity index (χ2v) is 5.04. The molecule has 20 heavy (non-hydrogen) atoms. The molecule has 0 radical (unpaired) electrons. The zero-order valence-corrected chi connectivity index (χ0v) is 12.0. The normalized spacial score (nSPS) is 10.4. The Morgan fingerprint density at radius 2 is 1.85 bits per heavy atom. The number of hydrogen-bond donors (Lipinski definition) is 2. The minimum atomic E-state index is -0.541. The summed E-state index contributed by atoms with van der Waals surface area (Å²) in [7, 11) is 0. The van der Waals surface area contributed by atoms with Crippen LogP contribution in [0.15, 0.2) is 30.3 Å². The van der Waals surface area contributed by atoms with Crippen molar-refractivity contribution >= 4 is 40.5 Å². The molecule has 0 aliphatic rings. The molecular formula is C14H11Cl2FN2O. The van der Waals surface area contributed by atoms with Crippen LogP contribution in [0.1, 0.15) is 15.9 Å².